The second-order valence-electron chi connectivity index (χ2n) is 3.86. The molecule has 0 fully saturated rings. The molecule has 0 aliphatic heterocycles. The molecule has 0 amide bonds. The predicted molar refractivity (Wildman–Crippen MR) is 59.0 cm³/mol. The van der Waals surface area contributed by atoms with Crippen LogP contribution in [0.4, 0.5) is 0 Å². The minimum atomic E-state index is -3.26. The van der Waals surface area contributed by atoms with Crippen LogP contribution in [0.5, 0.6) is 0 Å². The van der Waals surface area contributed by atoms with E-state index in [1.165, 1.54) is 0 Å². The van der Waals surface area contributed by atoms with E-state index in [-0.39, 0.29) is 10.0 Å². The number of fused-ring (bicyclic) bond motifs is 1. The maximum atomic E-state index is 11.4. The number of aryl methyl sites for hydroxylation is 2. The summed E-state index contributed by atoms with van der Waals surface area (Å²) in [6, 6.07) is 1.68. The second kappa shape index (κ2) is 3.76. The van der Waals surface area contributed by atoms with Crippen molar-refractivity contribution in [2.45, 2.75) is 30.6 Å². The lowest BCUT2D eigenvalue weighted by molar-refractivity contribution is 0.600. The van der Waals surface area contributed by atoms with E-state index >= 15 is 0 Å². The van der Waals surface area contributed by atoms with Crippen LogP contribution < -0.4 is 0 Å². The predicted octanol–water partition coefficient (Wildman–Crippen LogP) is 2.02. The van der Waals surface area contributed by atoms with Crippen LogP contribution in [0.3, 0.4) is 0 Å². The van der Waals surface area contributed by atoms with Crippen molar-refractivity contribution in [1.29, 1.82) is 0 Å². The third-order valence-electron chi connectivity index (χ3n) is 2.62. The SMILES string of the molecule is CS(=O)(=O)c1cc2c(nc1Cl)CCCC2. The standard InChI is InChI=1S/C10H12ClNO2S/c1-15(13,14)9-6-7-4-2-3-5-8(7)12-10(9)11/h6H,2-5H2,1H3. The average Bonchev–Trinajstić information content (AvgIpc) is 2.15. The highest BCUT2D eigenvalue weighted by atomic mass is 35.5. The van der Waals surface area contributed by atoms with Gasteiger partial charge >= 0.3 is 0 Å². The van der Waals surface area contributed by atoms with Gasteiger partial charge in [0, 0.05) is 11.9 Å². The Morgan fingerprint density at radius 1 is 1.33 bits per heavy atom. The molecule has 1 aliphatic carbocycles. The summed E-state index contributed by atoms with van der Waals surface area (Å²) >= 11 is 5.86. The van der Waals surface area contributed by atoms with Crippen LogP contribution in [0.2, 0.25) is 5.15 Å². The number of pyridine rings is 1. The van der Waals surface area contributed by atoms with Gasteiger partial charge in [0.2, 0.25) is 0 Å². The molecular formula is C10H12ClNO2S. The van der Waals surface area contributed by atoms with Gasteiger partial charge < -0.3 is 0 Å². The van der Waals surface area contributed by atoms with Crippen LogP contribution >= 0.6 is 11.6 Å². The number of sulfone groups is 1. The number of hydrogen-bond donors (Lipinski definition) is 0. The van der Waals surface area contributed by atoms with Crippen molar-refractivity contribution in [2.75, 3.05) is 6.26 Å². The zero-order valence-corrected chi connectivity index (χ0v) is 10.0. The van der Waals surface area contributed by atoms with Gasteiger partial charge in [-0.05, 0) is 37.3 Å². The van der Waals surface area contributed by atoms with Gasteiger partial charge in [0.25, 0.3) is 0 Å². The third kappa shape index (κ3) is 2.16. The maximum absolute atomic E-state index is 11.4. The Hall–Kier alpha value is -0.610. The molecule has 0 N–H and O–H groups in total. The Kier molecular flexibility index (Phi) is 2.73. The molecule has 0 bridgehead atoms. The van der Waals surface area contributed by atoms with Crippen molar-refractivity contribution in [3.05, 3.63) is 22.5 Å². The maximum Gasteiger partial charge on any atom is 0.178 e. The van der Waals surface area contributed by atoms with Gasteiger partial charge in [-0.1, -0.05) is 11.6 Å². The van der Waals surface area contributed by atoms with Crippen molar-refractivity contribution >= 4 is 21.4 Å². The normalized spacial score (nSPS) is 16.1. The van der Waals surface area contributed by atoms with Crippen LogP contribution in [0, 0.1) is 0 Å². The molecule has 2 rings (SSSR count). The van der Waals surface area contributed by atoms with Crippen LogP contribution in [-0.4, -0.2) is 19.7 Å². The summed E-state index contributed by atoms with van der Waals surface area (Å²) in [6.07, 6.45) is 5.17. The van der Waals surface area contributed by atoms with Gasteiger partial charge in [-0.25, -0.2) is 13.4 Å². The Bertz CT molecular complexity index is 496. The monoisotopic (exact) mass is 245 g/mol. The highest BCUT2D eigenvalue weighted by Crippen LogP contribution is 2.27. The molecule has 0 saturated carbocycles. The highest BCUT2D eigenvalue weighted by molar-refractivity contribution is 7.90. The summed E-state index contributed by atoms with van der Waals surface area (Å²) in [5, 5.41) is 0.109. The van der Waals surface area contributed by atoms with Crippen molar-refractivity contribution in [1.82, 2.24) is 4.98 Å². The number of rotatable bonds is 1. The molecule has 1 aliphatic rings. The Balaban J connectivity index is 2.60. The lowest BCUT2D eigenvalue weighted by Gasteiger charge is -2.15. The van der Waals surface area contributed by atoms with E-state index in [0.717, 1.165) is 43.2 Å². The Labute approximate surface area is 94.4 Å². The van der Waals surface area contributed by atoms with Crippen molar-refractivity contribution in [3.63, 3.8) is 0 Å². The first-order valence-electron chi connectivity index (χ1n) is 4.87. The molecule has 1 aromatic heterocycles. The van der Waals surface area contributed by atoms with Crippen molar-refractivity contribution in [3.8, 4) is 0 Å². The summed E-state index contributed by atoms with van der Waals surface area (Å²) in [5.41, 5.74) is 1.99. The molecule has 3 nitrogen and oxygen atoms in total. The van der Waals surface area contributed by atoms with Gasteiger partial charge in [0.15, 0.2) is 9.84 Å². The van der Waals surface area contributed by atoms with Crippen molar-refractivity contribution < 1.29 is 8.42 Å². The molecule has 0 saturated heterocycles. The number of hydrogen-bond acceptors (Lipinski definition) is 3. The largest absolute Gasteiger partial charge is 0.239 e. The summed E-state index contributed by atoms with van der Waals surface area (Å²) < 4.78 is 22.8. The molecule has 0 radical (unpaired) electrons. The molecule has 5 heteroatoms. The quantitative estimate of drug-likeness (QED) is 0.712. The molecule has 0 atom stereocenters. The summed E-state index contributed by atoms with van der Waals surface area (Å²) in [4.78, 5) is 4.32. The molecule has 1 heterocycles. The lowest BCUT2D eigenvalue weighted by atomic mass is 9.96. The van der Waals surface area contributed by atoms with E-state index in [9.17, 15) is 8.42 Å². The van der Waals surface area contributed by atoms with Crippen LogP contribution in [0.15, 0.2) is 11.0 Å². The van der Waals surface area contributed by atoms with Crippen LogP contribution in [0.25, 0.3) is 0 Å². The molecule has 0 spiro atoms. The molecule has 0 aromatic carbocycles. The molecule has 15 heavy (non-hydrogen) atoms. The van der Waals surface area contributed by atoms with Gasteiger partial charge in [0.05, 0.1) is 0 Å². The van der Waals surface area contributed by atoms with E-state index < -0.39 is 9.84 Å². The molecule has 1 aromatic rings. The zero-order chi connectivity index (χ0) is 11.1. The number of nitrogens with zero attached hydrogens (tertiary/aromatic N) is 1. The minimum absolute atomic E-state index is 0.109. The van der Waals surface area contributed by atoms with Gasteiger partial charge in [-0.3, -0.25) is 0 Å². The highest BCUT2D eigenvalue weighted by Gasteiger charge is 2.19. The van der Waals surface area contributed by atoms with E-state index in [1.807, 2.05) is 0 Å². The van der Waals surface area contributed by atoms with Crippen LogP contribution in [0.1, 0.15) is 24.1 Å². The third-order valence-corrected chi connectivity index (χ3v) is 4.13. The first kappa shape index (κ1) is 10.9. The zero-order valence-electron chi connectivity index (χ0n) is 8.46. The van der Waals surface area contributed by atoms with Gasteiger partial charge in [-0.2, -0.15) is 0 Å². The smallest absolute Gasteiger partial charge is 0.178 e. The van der Waals surface area contributed by atoms with E-state index in [4.69, 9.17) is 11.6 Å². The van der Waals surface area contributed by atoms with E-state index in [0.29, 0.717) is 0 Å². The van der Waals surface area contributed by atoms with E-state index in [1.54, 1.807) is 6.07 Å². The van der Waals surface area contributed by atoms with Gasteiger partial charge in [-0.15, -0.1) is 0 Å². The lowest BCUT2D eigenvalue weighted by Crippen LogP contribution is -2.09. The fraction of sp³-hybridized carbons (Fsp3) is 0.500. The van der Waals surface area contributed by atoms with Crippen LogP contribution in [-0.2, 0) is 22.7 Å². The topological polar surface area (TPSA) is 47.0 Å². The molecular weight excluding hydrogens is 234 g/mol. The fourth-order valence-electron chi connectivity index (χ4n) is 1.85. The summed E-state index contributed by atoms with van der Waals surface area (Å²) in [5.74, 6) is 0. The van der Waals surface area contributed by atoms with Gasteiger partial charge in [0.1, 0.15) is 10.0 Å². The second-order valence-corrected chi connectivity index (χ2v) is 6.20. The Morgan fingerprint density at radius 2 is 2.00 bits per heavy atom. The average molecular weight is 246 g/mol. The fourth-order valence-corrected chi connectivity index (χ4v) is 3.13. The first-order valence-corrected chi connectivity index (χ1v) is 7.14. The first-order chi connectivity index (χ1) is 6.98. The Morgan fingerprint density at radius 3 is 2.67 bits per heavy atom. The summed E-state index contributed by atoms with van der Waals surface area (Å²) in [7, 11) is -3.26. The molecule has 82 valence electrons. The number of halogens is 1. The minimum Gasteiger partial charge on any atom is -0.239 e. The van der Waals surface area contributed by atoms with Crippen molar-refractivity contribution in [2.24, 2.45) is 0 Å². The van der Waals surface area contributed by atoms with E-state index in [2.05, 4.69) is 4.98 Å². The molecule has 0 unspecified atom stereocenters. The summed E-state index contributed by atoms with van der Waals surface area (Å²) in [6.45, 7) is 0. The number of aromatic nitrogens is 1.